The summed E-state index contributed by atoms with van der Waals surface area (Å²) in [7, 11) is -3.76. The summed E-state index contributed by atoms with van der Waals surface area (Å²) in [4.78, 5) is 27.7. The highest BCUT2D eigenvalue weighted by Gasteiger charge is 2.27. The van der Waals surface area contributed by atoms with E-state index in [0.29, 0.717) is 41.5 Å². The average molecular weight is 474 g/mol. The van der Waals surface area contributed by atoms with Gasteiger partial charge in [-0.3, -0.25) is 13.9 Å². The first kappa shape index (κ1) is 22.9. The molecule has 2 aliphatic rings. The molecule has 10 heteroatoms. The molecule has 2 heterocycles. The van der Waals surface area contributed by atoms with Gasteiger partial charge in [-0.1, -0.05) is 12.1 Å². The molecule has 0 aliphatic carbocycles. The number of benzene rings is 2. The Labute approximate surface area is 193 Å². The van der Waals surface area contributed by atoms with E-state index in [-0.39, 0.29) is 18.5 Å². The lowest BCUT2D eigenvalue weighted by Gasteiger charge is -2.27. The number of nitrogens with zero attached hydrogens (tertiary/aromatic N) is 2. The third-order valence-electron chi connectivity index (χ3n) is 5.71. The van der Waals surface area contributed by atoms with Crippen LogP contribution in [0.5, 0.6) is 11.5 Å². The standard InChI is InChI=1S/C23H27N3O6S/c1-2-33(29,30)26(17-10-11-20-21(14-17)32-16-31-20)15-22(27)24-19-9-5-4-8-18(19)23(28)25-12-6-3-7-13-25/h4-5,8-11,14H,2-3,6-7,12-13,15-16H2,1H3,(H,24,27). The quantitative estimate of drug-likeness (QED) is 0.663. The van der Waals surface area contributed by atoms with Crippen LogP contribution in [0.15, 0.2) is 42.5 Å². The molecule has 4 rings (SSSR count). The topological polar surface area (TPSA) is 105 Å². The van der Waals surface area contributed by atoms with Crippen molar-refractivity contribution >= 4 is 33.2 Å². The zero-order valence-electron chi connectivity index (χ0n) is 18.5. The highest BCUT2D eigenvalue weighted by atomic mass is 32.2. The molecule has 2 aromatic rings. The second kappa shape index (κ2) is 9.70. The van der Waals surface area contributed by atoms with E-state index in [1.165, 1.54) is 13.0 Å². The summed E-state index contributed by atoms with van der Waals surface area (Å²) in [6.07, 6.45) is 3.02. The van der Waals surface area contributed by atoms with Crippen molar-refractivity contribution in [2.24, 2.45) is 0 Å². The van der Waals surface area contributed by atoms with Gasteiger partial charge in [0.25, 0.3) is 5.91 Å². The number of ether oxygens (including phenoxy) is 2. The summed E-state index contributed by atoms with van der Waals surface area (Å²) in [5, 5.41) is 2.73. The first-order valence-electron chi connectivity index (χ1n) is 11.0. The Morgan fingerprint density at radius 2 is 1.76 bits per heavy atom. The average Bonchev–Trinajstić information content (AvgIpc) is 3.31. The SMILES string of the molecule is CCS(=O)(=O)N(CC(=O)Nc1ccccc1C(=O)N1CCCCC1)c1ccc2c(c1)OCO2. The van der Waals surface area contributed by atoms with Gasteiger partial charge in [-0.25, -0.2) is 8.42 Å². The van der Waals surface area contributed by atoms with Crippen LogP contribution in [0, 0.1) is 0 Å². The fourth-order valence-corrected chi connectivity index (χ4v) is 4.97. The molecular formula is C23H27N3O6S. The molecule has 0 saturated carbocycles. The van der Waals surface area contributed by atoms with Gasteiger partial charge in [0.1, 0.15) is 6.54 Å². The molecule has 2 aliphatic heterocycles. The van der Waals surface area contributed by atoms with E-state index in [0.717, 1.165) is 23.6 Å². The largest absolute Gasteiger partial charge is 0.454 e. The molecule has 33 heavy (non-hydrogen) atoms. The molecule has 0 bridgehead atoms. The molecule has 0 radical (unpaired) electrons. The molecule has 1 N–H and O–H groups in total. The third kappa shape index (κ3) is 5.05. The maximum atomic E-state index is 13.0. The highest BCUT2D eigenvalue weighted by molar-refractivity contribution is 7.92. The third-order valence-corrected chi connectivity index (χ3v) is 7.45. The summed E-state index contributed by atoms with van der Waals surface area (Å²) in [5.74, 6) is 0.0607. The van der Waals surface area contributed by atoms with Crippen LogP contribution < -0.4 is 19.1 Å². The molecule has 0 atom stereocenters. The lowest BCUT2D eigenvalue weighted by atomic mass is 10.1. The number of fused-ring (bicyclic) bond motifs is 1. The zero-order chi connectivity index (χ0) is 23.4. The van der Waals surface area contributed by atoms with Crippen LogP contribution in [-0.2, 0) is 14.8 Å². The normalized spacial score (nSPS) is 15.2. The fraction of sp³-hybridized carbons (Fsp3) is 0.391. The molecule has 0 aromatic heterocycles. The Hall–Kier alpha value is -3.27. The summed E-state index contributed by atoms with van der Waals surface area (Å²) in [5.41, 5.74) is 1.05. The number of rotatable bonds is 7. The second-order valence-corrected chi connectivity index (χ2v) is 10.1. The van der Waals surface area contributed by atoms with E-state index in [1.807, 2.05) is 0 Å². The minimum Gasteiger partial charge on any atom is -0.454 e. The summed E-state index contributed by atoms with van der Waals surface area (Å²) in [6, 6.07) is 11.5. The number of carbonyl (C=O) groups excluding carboxylic acids is 2. The van der Waals surface area contributed by atoms with E-state index in [9.17, 15) is 18.0 Å². The van der Waals surface area contributed by atoms with Crippen LogP contribution in [0.3, 0.4) is 0 Å². The number of hydrogen-bond acceptors (Lipinski definition) is 6. The second-order valence-electron chi connectivity index (χ2n) is 7.89. The number of hydrogen-bond donors (Lipinski definition) is 1. The van der Waals surface area contributed by atoms with Gasteiger partial charge in [-0.05, 0) is 50.5 Å². The van der Waals surface area contributed by atoms with Crippen molar-refractivity contribution in [2.75, 3.05) is 41.8 Å². The van der Waals surface area contributed by atoms with Crippen molar-refractivity contribution in [3.63, 3.8) is 0 Å². The maximum absolute atomic E-state index is 13.0. The van der Waals surface area contributed by atoms with Gasteiger partial charge in [-0.2, -0.15) is 0 Å². The Morgan fingerprint density at radius 1 is 1.03 bits per heavy atom. The number of amides is 2. The van der Waals surface area contributed by atoms with E-state index < -0.39 is 22.5 Å². The number of sulfonamides is 1. The monoisotopic (exact) mass is 473 g/mol. The number of nitrogens with one attached hydrogen (secondary N) is 1. The van der Waals surface area contributed by atoms with Crippen molar-refractivity contribution in [2.45, 2.75) is 26.2 Å². The minimum atomic E-state index is -3.76. The summed E-state index contributed by atoms with van der Waals surface area (Å²) < 4.78 is 37.2. The number of likely N-dealkylation sites (tertiary alicyclic amines) is 1. The predicted octanol–water partition coefficient (Wildman–Crippen LogP) is 2.84. The smallest absolute Gasteiger partial charge is 0.255 e. The van der Waals surface area contributed by atoms with Crippen LogP contribution in [0.4, 0.5) is 11.4 Å². The molecule has 0 unspecified atom stereocenters. The van der Waals surface area contributed by atoms with Crippen LogP contribution >= 0.6 is 0 Å². The van der Waals surface area contributed by atoms with Gasteiger partial charge < -0.3 is 19.7 Å². The fourth-order valence-electron chi connectivity index (χ4n) is 3.91. The predicted molar refractivity (Wildman–Crippen MR) is 124 cm³/mol. The summed E-state index contributed by atoms with van der Waals surface area (Å²) in [6.45, 7) is 2.50. The van der Waals surface area contributed by atoms with Gasteiger partial charge in [0, 0.05) is 19.2 Å². The van der Waals surface area contributed by atoms with E-state index >= 15 is 0 Å². The Bertz CT molecular complexity index is 1140. The minimum absolute atomic E-state index is 0.0572. The van der Waals surface area contributed by atoms with Crippen LogP contribution in [0.1, 0.15) is 36.5 Å². The number of para-hydroxylation sites is 1. The zero-order valence-corrected chi connectivity index (χ0v) is 19.3. The summed E-state index contributed by atoms with van der Waals surface area (Å²) >= 11 is 0. The van der Waals surface area contributed by atoms with Crippen molar-refractivity contribution in [1.29, 1.82) is 0 Å². The van der Waals surface area contributed by atoms with Crippen LogP contribution in [0.25, 0.3) is 0 Å². The van der Waals surface area contributed by atoms with Crippen molar-refractivity contribution < 1.29 is 27.5 Å². The molecule has 2 aromatic carbocycles. The van der Waals surface area contributed by atoms with Crippen molar-refractivity contribution in [1.82, 2.24) is 4.90 Å². The van der Waals surface area contributed by atoms with Gasteiger partial charge in [0.15, 0.2) is 11.5 Å². The molecule has 1 fully saturated rings. The molecule has 176 valence electrons. The van der Waals surface area contributed by atoms with Gasteiger partial charge in [-0.15, -0.1) is 0 Å². The van der Waals surface area contributed by atoms with E-state index in [2.05, 4.69) is 5.32 Å². The molecule has 2 amide bonds. The van der Waals surface area contributed by atoms with E-state index in [1.54, 1.807) is 41.3 Å². The van der Waals surface area contributed by atoms with Crippen LogP contribution in [0.2, 0.25) is 0 Å². The van der Waals surface area contributed by atoms with Gasteiger partial charge in [0.2, 0.25) is 22.7 Å². The number of piperidine rings is 1. The number of anilines is 2. The van der Waals surface area contributed by atoms with Gasteiger partial charge >= 0.3 is 0 Å². The van der Waals surface area contributed by atoms with Gasteiger partial charge in [0.05, 0.1) is 22.7 Å². The highest BCUT2D eigenvalue weighted by Crippen LogP contribution is 2.36. The Kier molecular flexibility index (Phi) is 6.73. The Morgan fingerprint density at radius 3 is 2.52 bits per heavy atom. The molecule has 0 spiro atoms. The number of carbonyl (C=O) groups is 2. The van der Waals surface area contributed by atoms with Crippen molar-refractivity contribution in [3.8, 4) is 11.5 Å². The van der Waals surface area contributed by atoms with E-state index in [4.69, 9.17) is 9.47 Å². The molecular weight excluding hydrogens is 446 g/mol. The lowest BCUT2D eigenvalue weighted by Crippen LogP contribution is -2.39. The van der Waals surface area contributed by atoms with Crippen LogP contribution in [-0.4, -0.2) is 57.3 Å². The maximum Gasteiger partial charge on any atom is 0.255 e. The lowest BCUT2D eigenvalue weighted by molar-refractivity contribution is -0.114. The van der Waals surface area contributed by atoms with Crippen molar-refractivity contribution in [3.05, 3.63) is 48.0 Å². The first-order valence-corrected chi connectivity index (χ1v) is 12.6. The molecule has 1 saturated heterocycles. The first-order chi connectivity index (χ1) is 15.9. The Balaban J connectivity index is 1.55. The molecule has 9 nitrogen and oxygen atoms in total.